The van der Waals surface area contributed by atoms with Crippen LogP contribution in [-0.2, 0) is 10.0 Å². The maximum atomic E-state index is 12.1. The fourth-order valence-corrected chi connectivity index (χ4v) is 2.93. The summed E-state index contributed by atoms with van der Waals surface area (Å²) in [5, 5.41) is 0. The predicted octanol–water partition coefficient (Wildman–Crippen LogP) is 1.98. The molecule has 0 aliphatic rings. The van der Waals surface area contributed by atoms with Crippen molar-refractivity contribution in [1.29, 1.82) is 0 Å². The van der Waals surface area contributed by atoms with Crippen LogP contribution in [0, 0.1) is 6.92 Å². The molecule has 0 radical (unpaired) electrons. The SMILES string of the molecule is Cc1ccc(S(=O)(=O)NCCCCN(C)C(C)C)cc1N. The Labute approximate surface area is 128 Å². The Kier molecular flexibility index (Phi) is 6.64. The molecule has 0 saturated heterocycles. The Morgan fingerprint density at radius 3 is 2.52 bits per heavy atom. The number of nitrogen functional groups attached to an aromatic ring is 1. The number of benzene rings is 1. The molecular weight excluding hydrogens is 286 g/mol. The number of anilines is 1. The molecule has 1 aromatic carbocycles. The van der Waals surface area contributed by atoms with Crippen molar-refractivity contribution in [3.63, 3.8) is 0 Å². The Balaban J connectivity index is 2.45. The summed E-state index contributed by atoms with van der Waals surface area (Å²) >= 11 is 0. The van der Waals surface area contributed by atoms with E-state index in [-0.39, 0.29) is 4.90 Å². The summed E-state index contributed by atoms with van der Waals surface area (Å²) in [5.41, 5.74) is 7.13. The second kappa shape index (κ2) is 7.77. The van der Waals surface area contributed by atoms with Crippen molar-refractivity contribution < 1.29 is 8.42 Å². The Morgan fingerprint density at radius 2 is 1.95 bits per heavy atom. The van der Waals surface area contributed by atoms with Crippen LogP contribution in [0.5, 0.6) is 0 Å². The summed E-state index contributed by atoms with van der Waals surface area (Å²) in [7, 11) is -1.39. The lowest BCUT2D eigenvalue weighted by Crippen LogP contribution is -2.29. The average Bonchev–Trinajstić information content (AvgIpc) is 2.40. The lowest BCUT2D eigenvalue weighted by Gasteiger charge is -2.20. The molecule has 6 heteroatoms. The van der Waals surface area contributed by atoms with E-state index < -0.39 is 10.0 Å². The van der Waals surface area contributed by atoms with Crippen molar-refractivity contribution in [2.45, 2.75) is 44.6 Å². The summed E-state index contributed by atoms with van der Waals surface area (Å²) in [5.74, 6) is 0. The van der Waals surface area contributed by atoms with Crippen LogP contribution in [0.3, 0.4) is 0 Å². The van der Waals surface area contributed by atoms with Gasteiger partial charge in [-0.05, 0) is 64.9 Å². The molecule has 0 saturated carbocycles. The first-order valence-electron chi connectivity index (χ1n) is 7.30. The van der Waals surface area contributed by atoms with E-state index in [1.807, 2.05) is 6.92 Å². The van der Waals surface area contributed by atoms with E-state index in [4.69, 9.17) is 5.73 Å². The molecule has 0 atom stereocenters. The Morgan fingerprint density at radius 1 is 1.29 bits per heavy atom. The molecule has 120 valence electrons. The molecule has 0 aliphatic heterocycles. The van der Waals surface area contributed by atoms with Gasteiger partial charge in [0.15, 0.2) is 0 Å². The molecule has 21 heavy (non-hydrogen) atoms. The zero-order chi connectivity index (χ0) is 16.0. The monoisotopic (exact) mass is 313 g/mol. The molecule has 0 heterocycles. The van der Waals surface area contributed by atoms with Gasteiger partial charge in [-0.3, -0.25) is 0 Å². The van der Waals surface area contributed by atoms with Crippen molar-refractivity contribution in [2.75, 3.05) is 25.9 Å². The van der Waals surface area contributed by atoms with Crippen LogP contribution in [0.25, 0.3) is 0 Å². The highest BCUT2D eigenvalue weighted by molar-refractivity contribution is 7.89. The number of hydrogen-bond acceptors (Lipinski definition) is 4. The van der Waals surface area contributed by atoms with Crippen molar-refractivity contribution in [3.8, 4) is 0 Å². The first-order chi connectivity index (χ1) is 9.74. The van der Waals surface area contributed by atoms with Crippen LogP contribution in [-0.4, -0.2) is 39.5 Å². The second-order valence-corrected chi connectivity index (χ2v) is 7.46. The maximum Gasteiger partial charge on any atom is 0.240 e. The van der Waals surface area contributed by atoms with E-state index in [2.05, 4.69) is 30.5 Å². The third-order valence-electron chi connectivity index (χ3n) is 3.67. The van der Waals surface area contributed by atoms with Crippen molar-refractivity contribution >= 4 is 15.7 Å². The van der Waals surface area contributed by atoms with Crippen LogP contribution < -0.4 is 10.5 Å². The van der Waals surface area contributed by atoms with Gasteiger partial charge in [0, 0.05) is 18.3 Å². The fourth-order valence-electron chi connectivity index (χ4n) is 1.82. The Hall–Kier alpha value is -1.11. The second-order valence-electron chi connectivity index (χ2n) is 5.70. The van der Waals surface area contributed by atoms with E-state index >= 15 is 0 Å². The van der Waals surface area contributed by atoms with Crippen LogP contribution >= 0.6 is 0 Å². The van der Waals surface area contributed by atoms with Crippen LogP contribution in [0.2, 0.25) is 0 Å². The lowest BCUT2D eigenvalue weighted by atomic mass is 10.2. The third-order valence-corrected chi connectivity index (χ3v) is 5.13. The molecule has 0 bridgehead atoms. The number of nitrogens with one attached hydrogen (secondary N) is 1. The summed E-state index contributed by atoms with van der Waals surface area (Å²) in [6, 6.07) is 5.32. The van der Waals surface area contributed by atoms with Gasteiger partial charge in [0.2, 0.25) is 10.0 Å². The van der Waals surface area contributed by atoms with E-state index in [9.17, 15) is 8.42 Å². The number of rotatable bonds is 8. The number of hydrogen-bond donors (Lipinski definition) is 2. The minimum atomic E-state index is -3.46. The number of nitrogens with two attached hydrogens (primary N) is 1. The number of sulfonamides is 1. The highest BCUT2D eigenvalue weighted by Crippen LogP contribution is 2.16. The highest BCUT2D eigenvalue weighted by Gasteiger charge is 2.14. The first kappa shape index (κ1) is 17.9. The lowest BCUT2D eigenvalue weighted by molar-refractivity contribution is 0.268. The standard InChI is InChI=1S/C15H27N3O2S/c1-12(2)18(4)10-6-5-9-17-21(19,20)14-8-7-13(3)15(16)11-14/h7-8,11-12,17H,5-6,9-10,16H2,1-4H3. The van der Waals surface area contributed by atoms with E-state index in [1.54, 1.807) is 12.1 Å². The molecule has 0 spiro atoms. The van der Waals surface area contributed by atoms with Gasteiger partial charge in [-0.1, -0.05) is 6.07 Å². The van der Waals surface area contributed by atoms with Gasteiger partial charge >= 0.3 is 0 Å². The zero-order valence-electron chi connectivity index (χ0n) is 13.4. The summed E-state index contributed by atoms with van der Waals surface area (Å²) in [6.45, 7) is 7.55. The predicted molar refractivity (Wildman–Crippen MR) is 87.8 cm³/mol. The van der Waals surface area contributed by atoms with Gasteiger partial charge in [-0.25, -0.2) is 13.1 Å². The van der Waals surface area contributed by atoms with Gasteiger partial charge in [0.25, 0.3) is 0 Å². The van der Waals surface area contributed by atoms with Gasteiger partial charge < -0.3 is 10.6 Å². The molecule has 0 amide bonds. The molecule has 0 aromatic heterocycles. The molecular formula is C15H27N3O2S. The average molecular weight is 313 g/mol. The molecule has 1 rings (SSSR count). The van der Waals surface area contributed by atoms with Gasteiger partial charge in [-0.2, -0.15) is 0 Å². The van der Waals surface area contributed by atoms with Crippen LogP contribution in [0.4, 0.5) is 5.69 Å². The highest BCUT2D eigenvalue weighted by atomic mass is 32.2. The Bertz CT molecular complexity index is 556. The zero-order valence-corrected chi connectivity index (χ0v) is 14.2. The van der Waals surface area contributed by atoms with Crippen LogP contribution in [0.1, 0.15) is 32.3 Å². The summed E-state index contributed by atoms with van der Waals surface area (Å²) in [6.07, 6.45) is 1.78. The van der Waals surface area contributed by atoms with Crippen molar-refractivity contribution in [3.05, 3.63) is 23.8 Å². The van der Waals surface area contributed by atoms with Crippen molar-refractivity contribution in [1.82, 2.24) is 9.62 Å². The molecule has 0 unspecified atom stereocenters. The summed E-state index contributed by atoms with van der Waals surface area (Å²) in [4.78, 5) is 2.47. The molecule has 0 aliphatic carbocycles. The fraction of sp³-hybridized carbons (Fsp3) is 0.600. The molecule has 1 aromatic rings. The van der Waals surface area contributed by atoms with Gasteiger partial charge in [0.05, 0.1) is 4.90 Å². The number of unbranched alkanes of at least 4 members (excludes halogenated alkanes) is 1. The van der Waals surface area contributed by atoms with Crippen LogP contribution in [0.15, 0.2) is 23.1 Å². The van der Waals surface area contributed by atoms with Gasteiger partial charge in [0.1, 0.15) is 0 Å². The van der Waals surface area contributed by atoms with Crippen molar-refractivity contribution in [2.24, 2.45) is 0 Å². The topological polar surface area (TPSA) is 75.4 Å². The third kappa shape index (κ3) is 5.65. The van der Waals surface area contributed by atoms with Gasteiger partial charge in [-0.15, -0.1) is 0 Å². The van der Waals surface area contributed by atoms with E-state index in [0.29, 0.717) is 18.3 Å². The minimum Gasteiger partial charge on any atom is -0.398 e. The largest absolute Gasteiger partial charge is 0.398 e. The van der Waals surface area contributed by atoms with E-state index in [1.165, 1.54) is 6.07 Å². The molecule has 5 nitrogen and oxygen atoms in total. The number of nitrogens with zero attached hydrogens (tertiary/aromatic N) is 1. The van der Waals surface area contributed by atoms with E-state index in [0.717, 1.165) is 24.9 Å². The maximum absolute atomic E-state index is 12.1. The molecule has 0 fully saturated rings. The smallest absolute Gasteiger partial charge is 0.240 e. The molecule has 3 N–H and O–H groups in total. The quantitative estimate of drug-likeness (QED) is 0.568. The number of aryl methyl sites for hydroxylation is 1. The minimum absolute atomic E-state index is 0.227. The summed E-state index contributed by atoms with van der Waals surface area (Å²) < 4.78 is 26.9. The normalized spacial score (nSPS) is 12.3. The first-order valence-corrected chi connectivity index (χ1v) is 8.78.